The Morgan fingerprint density at radius 2 is 1.62 bits per heavy atom. The molecule has 7 rings (SSSR count). The molecule has 0 bridgehead atoms. The number of rotatable bonds is 9. The first-order chi connectivity index (χ1) is 26.6. The van der Waals surface area contributed by atoms with Crippen LogP contribution in [0.4, 0.5) is 4.79 Å². The van der Waals surface area contributed by atoms with Crippen molar-refractivity contribution < 1.29 is 19.1 Å². The Hall–Kier alpha value is -5.69. The van der Waals surface area contributed by atoms with E-state index in [2.05, 4.69) is 53.0 Å². The van der Waals surface area contributed by atoms with Gasteiger partial charge in [-0.2, -0.15) is 0 Å². The normalized spacial score (nSPS) is 19.7. The van der Waals surface area contributed by atoms with Crippen molar-refractivity contribution in [1.82, 2.24) is 25.1 Å². The second kappa shape index (κ2) is 16.0. The monoisotopic (exact) mass is 738 g/mol. The lowest BCUT2D eigenvalue weighted by Crippen LogP contribution is -2.57. The predicted molar refractivity (Wildman–Crippen MR) is 215 cm³/mol. The summed E-state index contributed by atoms with van der Waals surface area (Å²) < 4.78 is 4.95. The molecular formula is C45H50N6O4. The number of aliphatic imine (C=N–C) groups is 1. The number of benzene rings is 3. The molecule has 55 heavy (non-hydrogen) atoms. The fourth-order valence-electron chi connectivity index (χ4n) is 8.11. The van der Waals surface area contributed by atoms with Crippen LogP contribution in [0.25, 0.3) is 16.6 Å². The first kappa shape index (κ1) is 37.6. The minimum atomic E-state index is -1.28. The van der Waals surface area contributed by atoms with Gasteiger partial charge in [0.1, 0.15) is 11.4 Å². The molecule has 4 atom stereocenters. The number of carbonyl (C=O) groups excluding carboxylic acids is 3. The number of amides is 3. The maximum Gasteiger partial charge on any atom is 0.407 e. The van der Waals surface area contributed by atoms with E-state index in [4.69, 9.17) is 14.7 Å². The predicted octanol–water partition coefficient (Wildman–Crippen LogP) is 7.76. The van der Waals surface area contributed by atoms with Crippen molar-refractivity contribution in [1.29, 1.82) is 0 Å². The number of aromatic amines is 1. The van der Waals surface area contributed by atoms with Gasteiger partial charge in [-0.1, -0.05) is 82.0 Å². The van der Waals surface area contributed by atoms with Crippen molar-refractivity contribution in [2.45, 2.75) is 83.8 Å². The number of hydrogen-bond donors (Lipinski definition) is 2. The van der Waals surface area contributed by atoms with Crippen LogP contribution in [0.1, 0.15) is 100 Å². The quantitative estimate of drug-likeness (QED) is 0.170. The van der Waals surface area contributed by atoms with Crippen LogP contribution >= 0.6 is 0 Å². The Morgan fingerprint density at radius 1 is 0.927 bits per heavy atom. The van der Waals surface area contributed by atoms with E-state index >= 15 is 0 Å². The molecule has 10 heteroatoms. The van der Waals surface area contributed by atoms with Gasteiger partial charge < -0.3 is 24.8 Å². The largest absolute Gasteiger partial charge is 0.453 e. The third-order valence-corrected chi connectivity index (χ3v) is 11.7. The highest BCUT2D eigenvalue weighted by Gasteiger charge is 2.47. The van der Waals surface area contributed by atoms with Crippen molar-refractivity contribution in [2.24, 2.45) is 16.8 Å². The van der Waals surface area contributed by atoms with E-state index in [1.165, 1.54) is 7.11 Å². The molecule has 1 unspecified atom stereocenters. The van der Waals surface area contributed by atoms with Crippen LogP contribution in [0, 0.1) is 23.7 Å². The van der Waals surface area contributed by atoms with Crippen LogP contribution in [0.15, 0.2) is 84.0 Å². The van der Waals surface area contributed by atoms with E-state index in [1.807, 2.05) is 85.6 Å². The zero-order chi connectivity index (χ0) is 38.7. The zero-order valence-electron chi connectivity index (χ0n) is 32.4. The number of aromatic nitrogens is 2. The van der Waals surface area contributed by atoms with E-state index in [-0.39, 0.29) is 29.8 Å². The zero-order valence-corrected chi connectivity index (χ0v) is 32.4. The summed E-state index contributed by atoms with van der Waals surface area (Å²) in [7, 11) is 1.30. The molecule has 4 aromatic rings. The molecule has 2 N–H and O–H groups in total. The van der Waals surface area contributed by atoms with Gasteiger partial charge >= 0.3 is 6.09 Å². The lowest BCUT2D eigenvalue weighted by Gasteiger charge is -2.37. The Kier molecular flexibility index (Phi) is 10.9. The first-order valence-corrected chi connectivity index (χ1v) is 19.5. The number of nitrogens with one attached hydrogen (secondary N) is 2. The van der Waals surface area contributed by atoms with Crippen molar-refractivity contribution in [2.75, 3.05) is 20.2 Å². The van der Waals surface area contributed by atoms with Crippen LogP contribution in [0.2, 0.25) is 0 Å². The summed E-state index contributed by atoms with van der Waals surface area (Å²) in [5, 5.41) is 2.88. The molecule has 2 fully saturated rings. The topological polar surface area (TPSA) is 120 Å². The summed E-state index contributed by atoms with van der Waals surface area (Å²) in [6.07, 6.45) is 5.97. The van der Waals surface area contributed by atoms with Gasteiger partial charge in [0.05, 0.1) is 30.2 Å². The number of alkyl carbamates (subject to hydrolysis) is 1. The highest BCUT2D eigenvalue weighted by Crippen LogP contribution is 2.38. The van der Waals surface area contributed by atoms with E-state index in [1.54, 1.807) is 0 Å². The maximum atomic E-state index is 14.4. The Bertz CT molecular complexity index is 2190. The maximum absolute atomic E-state index is 14.4. The van der Waals surface area contributed by atoms with E-state index < -0.39 is 11.6 Å². The molecule has 3 aromatic carbocycles. The first-order valence-electron chi connectivity index (χ1n) is 19.5. The fraction of sp³-hybridized carbons (Fsp3) is 0.400. The molecule has 3 aliphatic heterocycles. The van der Waals surface area contributed by atoms with Crippen LogP contribution in [-0.4, -0.2) is 69.6 Å². The molecule has 2 saturated heterocycles. The van der Waals surface area contributed by atoms with Crippen molar-refractivity contribution >= 4 is 40.2 Å². The van der Waals surface area contributed by atoms with Gasteiger partial charge in [0, 0.05) is 48.5 Å². The van der Waals surface area contributed by atoms with Crippen LogP contribution in [0.5, 0.6) is 0 Å². The summed E-state index contributed by atoms with van der Waals surface area (Å²) in [5.74, 6) is 7.70. The number of nitrogens with zero attached hydrogens (tertiary/aromatic N) is 4. The summed E-state index contributed by atoms with van der Waals surface area (Å²) in [6, 6.07) is 23.3. The molecule has 4 heterocycles. The van der Waals surface area contributed by atoms with Crippen LogP contribution < -0.4 is 5.32 Å². The number of hydrogen-bond acceptors (Lipinski definition) is 6. The number of allylic oxidation sites excluding steroid dienone is 1. The molecule has 0 spiro atoms. The molecule has 3 aliphatic rings. The van der Waals surface area contributed by atoms with Crippen LogP contribution in [-0.2, 0) is 19.9 Å². The molecule has 10 nitrogen and oxygen atoms in total. The smallest absolute Gasteiger partial charge is 0.407 e. The highest BCUT2D eigenvalue weighted by atomic mass is 16.5. The lowest BCUT2D eigenvalue weighted by molar-refractivity contribution is -0.140. The SMILES string of the molecule is CCC(NC(=O)OC)(C(=O)N1CCC[C@H]1c1nc2ccc(C#Cc3ccc(C4=CN=C([C@@H]5CCCN5C(=O)[C@@H](C)C(C)C)C4)cc3)cc2[nH]1)c1ccccc1. The summed E-state index contributed by atoms with van der Waals surface area (Å²) in [6.45, 7) is 9.51. The summed E-state index contributed by atoms with van der Waals surface area (Å²) in [4.78, 5) is 57.3. The van der Waals surface area contributed by atoms with Crippen molar-refractivity contribution in [3.8, 4) is 11.8 Å². The highest BCUT2D eigenvalue weighted by molar-refractivity contribution is 6.03. The lowest BCUT2D eigenvalue weighted by atomic mass is 9.85. The number of ether oxygens (including phenoxy) is 1. The minimum Gasteiger partial charge on any atom is -0.453 e. The van der Waals surface area contributed by atoms with Gasteiger partial charge in [0.2, 0.25) is 5.91 Å². The van der Waals surface area contributed by atoms with Gasteiger partial charge in [0.25, 0.3) is 5.91 Å². The second-order valence-electron chi connectivity index (χ2n) is 15.3. The molecule has 0 saturated carbocycles. The molecule has 284 valence electrons. The van der Waals surface area contributed by atoms with Gasteiger partial charge in [-0.3, -0.25) is 14.6 Å². The number of fused-ring (bicyclic) bond motifs is 1. The van der Waals surface area contributed by atoms with E-state index in [9.17, 15) is 14.4 Å². The molecule has 0 radical (unpaired) electrons. The average Bonchev–Trinajstić information content (AvgIpc) is 4.05. The molecule has 3 amide bonds. The number of imidazole rings is 1. The summed E-state index contributed by atoms with van der Waals surface area (Å²) in [5.41, 5.74) is 6.19. The Morgan fingerprint density at radius 3 is 2.33 bits per heavy atom. The van der Waals surface area contributed by atoms with Gasteiger partial charge in [-0.15, -0.1) is 0 Å². The van der Waals surface area contributed by atoms with Gasteiger partial charge in [-0.05, 0) is 85.1 Å². The third kappa shape index (κ3) is 7.53. The minimum absolute atomic E-state index is 0.00843. The van der Waals surface area contributed by atoms with Gasteiger partial charge in [0.15, 0.2) is 0 Å². The summed E-state index contributed by atoms with van der Waals surface area (Å²) >= 11 is 0. The second-order valence-corrected chi connectivity index (χ2v) is 15.3. The number of methoxy groups -OCH3 is 1. The molecular weight excluding hydrogens is 689 g/mol. The standard InChI is InChI=1S/C45H50N6O4/c1-6-45(49-44(54)55-5,35-12-8-7-9-13-35)43(53)51-25-11-15-40(51)41-47-36-23-20-32(26-37(36)48-41)17-16-31-18-21-33(22-19-31)34-27-38(46-28-34)39-14-10-24-50(39)42(52)30(4)29(2)3/h7-9,12-13,18-23,26,28-30,39-40H,6,10-11,14-15,24-25,27H2,1-5H3,(H,47,48)(H,49,54)/t30-,39-,40-,45?/m0/s1. The fourth-order valence-corrected chi connectivity index (χ4v) is 8.11. The average molecular weight is 739 g/mol. The van der Waals surface area contributed by atoms with Gasteiger partial charge in [-0.25, -0.2) is 9.78 Å². The number of carbonyl (C=O) groups is 3. The number of likely N-dealkylation sites (tertiary alicyclic amines) is 2. The number of H-pyrrole nitrogens is 1. The van der Waals surface area contributed by atoms with Crippen LogP contribution in [0.3, 0.4) is 0 Å². The third-order valence-electron chi connectivity index (χ3n) is 11.7. The van der Waals surface area contributed by atoms with E-state index in [0.717, 1.165) is 77.7 Å². The van der Waals surface area contributed by atoms with Crippen molar-refractivity contribution in [3.63, 3.8) is 0 Å². The van der Waals surface area contributed by atoms with Crippen molar-refractivity contribution in [3.05, 3.63) is 107 Å². The molecule has 1 aromatic heterocycles. The Labute approximate surface area is 323 Å². The Balaban J connectivity index is 1.03. The molecule has 0 aliphatic carbocycles. The van der Waals surface area contributed by atoms with E-state index in [0.29, 0.717) is 30.3 Å².